The molecule has 3 aromatic carbocycles. The number of imidazole rings is 1. The molecule has 0 saturated heterocycles. The molecule has 12 heteroatoms. The van der Waals surface area contributed by atoms with E-state index in [-0.39, 0.29) is 11.7 Å². The molecule has 0 radical (unpaired) electrons. The van der Waals surface area contributed by atoms with Gasteiger partial charge in [-0.15, -0.1) is 0 Å². The summed E-state index contributed by atoms with van der Waals surface area (Å²) in [5, 5.41) is 6.06. The summed E-state index contributed by atoms with van der Waals surface area (Å²) in [6.07, 6.45) is 2.86. The van der Waals surface area contributed by atoms with E-state index < -0.39 is 9.84 Å². The highest BCUT2D eigenvalue weighted by atomic mass is 32.2. The van der Waals surface area contributed by atoms with Gasteiger partial charge in [0.2, 0.25) is 11.9 Å². The van der Waals surface area contributed by atoms with Crippen molar-refractivity contribution >= 4 is 55.9 Å². The Morgan fingerprint density at radius 1 is 1.00 bits per heavy atom. The largest absolute Gasteiger partial charge is 0.497 e. The molecule has 2 heterocycles. The maximum Gasteiger partial charge on any atom is 0.257 e. The van der Waals surface area contributed by atoms with Crippen molar-refractivity contribution in [3.63, 3.8) is 0 Å². The van der Waals surface area contributed by atoms with Crippen LogP contribution in [0.3, 0.4) is 0 Å². The molecule has 5 rings (SSSR count). The van der Waals surface area contributed by atoms with Crippen LogP contribution >= 0.6 is 0 Å². The molecule has 5 aromatic rings. The van der Waals surface area contributed by atoms with Gasteiger partial charge in [0, 0.05) is 37.8 Å². The van der Waals surface area contributed by atoms with Gasteiger partial charge >= 0.3 is 0 Å². The lowest BCUT2D eigenvalue weighted by Gasteiger charge is -2.19. The lowest BCUT2D eigenvalue weighted by molar-refractivity contribution is 0.102. The van der Waals surface area contributed by atoms with Gasteiger partial charge in [0.05, 0.1) is 24.1 Å². The zero-order valence-electron chi connectivity index (χ0n) is 23.0. The third kappa shape index (κ3) is 6.28. The van der Waals surface area contributed by atoms with Crippen LogP contribution in [0, 0.1) is 0 Å². The maximum absolute atomic E-state index is 12.9. The molecule has 2 aromatic heterocycles. The van der Waals surface area contributed by atoms with Crippen molar-refractivity contribution in [3.8, 4) is 5.75 Å². The summed E-state index contributed by atoms with van der Waals surface area (Å²) >= 11 is 0. The number of hydrogen-bond acceptors (Lipinski definition) is 9. The van der Waals surface area contributed by atoms with Gasteiger partial charge in [0.1, 0.15) is 17.1 Å². The Balaban J connectivity index is 1.37. The highest BCUT2D eigenvalue weighted by Gasteiger charge is 2.18. The zero-order valence-corrected chi connectivity index (χ0v) is 23.8. The molecule has 1 amide bonds. The van der Waals surface area contributed by atoms with Crippen LogP contribution in [0.1, 0.15) is 15.9 Å². The standard InChI is InChI=1S/C29H29N7O4S/c1-35(25-16-17-30-28(32-25)31-21-12-8-19(9-13-21)18-41(4,38)39)23-6-5-7-24-26(23)33-29(36(24)2)34-27(37)20-10-14-22(40-3)15-11-20/h5-17H,18H2,1-4H3,(H,30,31,32)(H,33,34,37). The molecule has 0 spiro atoms. The predicted octanol–water partition coefficient (Wildman–Crippen LogP) is 4.68. The molecule has 0 atom stereocenters. The number of ether oxygens (including phenoxy) is 1. The van der Waals surface area contributed by atoms with E-state index in [1.54, 1.807) is 67.9 Å². The van der Waals surface area contributed by atoms with Gasteiger partial charge in [0.25, 0.3) is 5.91 Å². The van der Waals surface area contributed by atoms with E-state index in [4.69, 9.17) is 9.72 Å². The second-order valence-electron chi connectivity index (χ2n) is 9.51. The number of nitrogens with one attached hydrogen (secondary N) is 2. The average Bonchev–Trinajstić information content (AvgIpc) is 3.28. The number of fused-ring (bicyclic) bond motifs is 1. The monoisotopic (exact) mass is 571 g/mol. The van der Waals surface area contributed by atoms with Crippen molar-refractivity contribution in [1.29, 1.82) is 0 Å². The summed E-state index contributed by atoms with van der Waals surface area (Å²) in [5.74, 6) is 1.78. The molecule has 210 valence electrons. The molecule has 2 N–H and O–H groups in total. The average molecular weight is 572 g/mol. The number of methoxy groups -OCH3 is 1. The van der Waals surface area contributed by atoms with Crippen molar-refractivity contribution in [2.45, 2.75) is 5.75 Å². The van der Waals surface area contributed by atoms with Gasteiger partial charge in [-0.1, -0.05) is 18.2 Å². The zero-order chi connectivity index (χ0) is 29.1. The van der Waals surface area contributed by atoms with E-state index in [0.717, 1.165) is 16.9 Å². The third-order valence-electron chi connectivity index (χ3n) is 6.45. The number of aromatic nitrogens is 4. The summed E-state index contributed by atoms with van der Waals surface area (Å²) in [5.41, 5.74) is 4.23. The first-order valence-corrected chi connectivity index (χ1v) is 14.7. The molecule has 11 nitrogen and oxygen atoms in total. The Kier molecular flexibility index (Phi) is 7.58. The number of aryl methyl sites for hydroxylation is 1. The summed E-state index contributed by atoms with van der Waals surface area (Å²) < 4.78 is 30.1. The van der Waals surface area contributed by atoms with Crippen molar-refractivity contribution < 1.29 is 17.9 Å². The van der Waals surface area contributed by atoms with Crippen molar-refractivity contribution in [2.75, 3.05) is 35.9 Å². The number of hydrogen-bond donors (Lipinski definition) is 2. The lowest BCUT2D eigenvalue weighted by atomic mass is 10.2. The Morgan fingerprint density at radius 2 is 1.73 bits per heavy atom. The van der Waals surface area contributed by atoms with Crippen LogP contribution in [-0.4, -0.2) is 54.3 Å². The van der Waals surface area contributed by atoms with Crippen LogP contribution < -0.4 is 20.3 Å². The second kappa shape index (κ2) is 11.3. The Labute approximate surface area is 237 Å². The van der Waals surface area contributed by atoms with Crippen molar-refractivity contribution in [2.24, 2.45) is 7.05 Å². The predicted molar refractivity (Wildman–Crippen MR) is 160 cm³/mol. The first-order valence-electron chi connectivity index (χ1n) is 12.6. The summed E-state index contributed by atoms with van der Waals surface area (Å²) in [4.78, 5) is 28.5. The number of amides is 1. The van der Waals surface area contributed by atoms with Gasteiger partial charge < -0.3 is 19.5 Å². The molecule has 41 heavy (non-hydrogen) atoms. The van der Waals surface area contributed by atoms with E-state index in [1.165, 1.54) is 6.26 Å². The minimum atomic E-state index is -3.11. The fraction of sp³-hybridized carbons (Fsp3) is 0.172. The van der Waals surface area contributed by atoms with Gasteiger partial charge in [-0.05, 0) is 60.2 Å². The summed E-state index contributed by atoms with van der Waals surface area (Å²) in [6.45, 7) is 0. The summed E-state index contributed by atoms with van der Waals surface area (Å²) in [6, 6.07) is 21.5. The number of carbonyl (C=O) groups excluding carboxylic acids is 1. The highest BCUT2D eigenvalue weighted by molar-refractivity contribution is 7.89. The van der Waals surface area contributed by atoms with Gasteiger partial charge in [0.15, 0.2) is 9.84 Å². The molecule has 0 aliphatic rings. The highest BCUT2D eigenvalue weighted by Crippen LogP contribution is 2.32. The number of nitrogens with zero attached hydrogens (tertiary/aromatic N) is 5. The van der Waals surface area contributed by atoms with Crippen molar-refractivity contribution in [1.82, 2.24) is 19.5 Å². The molecule has 0 unspecified atom stereocenters. The number of anilines is 5. The van der Waals surface area contributed by atoms with E-state index in [2.05, 4.69) is 20.6 Å². The fourth-order valence-electron chi connectivity index (χ4n) is 4.33. The molecular formula is C29H29N7O4S. The molecule has 0 saturated carbocycles. The van der Waals surface area contributed by atoms with E-state index in [1.807, 2.05) is 41.8 Å². The van der Waals surface area contributed by atoms with E-state index in [0.29, 0.717) is 40.1 Å². The summed E-state index contributed by atoms with van der Waals surface area (Å²) in [7, 11) is 2.19. The smallest absolute Gasteiger partial charge is 0.257 e. The van der Waals surface area contributed by atoms with Crippen LogP contribution in [0.5, 0.6) is 5.75 Å². The second-order valence-corrected chi connectivity index (χ2v) is 11.7. The Bertz CT molecular complexity index is 1820. The minimum Gasteiger partial charge on any atom is -0.497 e. The van der Waals surface area contributed by atoms with Gasteiger partial charge in [-0.25, -0.2) is 18.4 Å². The Hall–Kier alpha value is -4.97. The first kappa shape index (κ1) is 27.6. The number of sulfone groups is 1. The van der Waals surface area contributed by atoms with Crippen LogP contribution in [0.2, 0.25) is 0 Å². The van der Waals surface area contributed by atoms with E-state index in [9.17, 15) is 13.2 Å². The third-order valence-corrected chi connectivity index (χ3v) is 7.31. The number of benzene rings is 3. The van der Waals surface area contributed by atoms with E-state index >= 15 is 0 Å². The molecule has 0 aliphatic carbocycles. The van der Waals surface area contributed by atoms with Crippen LogP contribution in [0.15, 0.2) is 79.0 Å². The number of carbonyl (C=O) groups is 1. The molecule has 0 aliphatic heterocycles. The van der Waals surface area contributed by atoms with Crippen LogP contribution in [-0.2, 0) is 22.6 Å². The normalized spacial score (nSPS) is 11.3. The minimum absolute atomic E-state index is 0.0179. The quantitative estimate of drug-likeness (QED) is 0.259. The molecular weight excluding hydrogens is 542 g/mol. The fourth-order valence-corrected chi connectivity index (χ4v) is 5.13. The topological polar surface area (TPSA) is 131 Å². The number of para-hydroxylation sites is 1. The lowest BCUT2D eigenvalue weighted by Crippen LogP contribution is -2.15. The van der Waals surface area contributed by atoms with Crippen LogP contribution in [0.25, 0.3) is 11.0 Å². The Morgan fingerprint density at radius 3 is 2.41 bits per heavy atom. The first-order chi connectivity index (χ1) is 19.6. The van der Waals surface area contributed by atoms with Crippen molar-refractivity contribution in [3.05, 3.63) is 90.1 Å². The molecule has 0 bridgehead atoms. The van der Waals surface area contributed by atoms with Crippen LogP contribution in [0.4, 0.5) is 29.1 Å². The SMILES string of the molecule is COc1ccc(C(=O)Nc2nc3c(N(C)c4ccnc(Nc5ccc(CS(C)(=O)=O)cc5)n4)cccc3n2C)cc1. The maximum atomic E-state index is 12.9. The van der Waals surface area contributed by atoms with Gasteiger partial charge in [-0.2, -0.15) is 4.98 Å². The van der Waals surface area contributed by atoms with Gasteiger partial charge in [-0.3, -0.25) is 10.1 Å². The molecule has 0 fully saturated rings. The number of rotatable bonds is 9.